The maximum absolute atomic E-state index is 13.5. The van der Waals surface area contributed by atoms with Gasteiger partial charge in [-0.1, -0.05) is 0 Å². The number of imidazole rings is 1. The molecule has 1 amide bonds. The summed E-state index contributed by atoms with van der Waals surface area (Å²) >= 11 is 0. The maximum atomic E-state index is 13.5. The number of rotatable bonds is 4. The number of β-amino-alcohol motifs (C(OH)–C–C–N with tert-alkyl or cyclic N) is 1. The number of sulfonamides is 1. The van der Waals surface area contributed by atoms with Crippen molar-refractivity contribution in [1.29, 1.82) is 0 Å². The van der Waals surface area contributed by atoms with Crippen molar-refractivity contribution in [3.63, 3.8) is 0 Å². The average molecular weight is 428 g/mol. The quantitative estimate of drug-likeness (QED) is 0.682. The maximum Gasteiger partial charge on any atom is 0.257 e. The van der Waals surface area contributed by atoms with Gasteiger partial charge in [0, 0.05) is 25.2 Å². The zero-order valence-corrected chi connectivity index (χ0v) is 15.5. The normalized spacial score (nSPS) is 21.2. The Labute approximate surface area is 162 Å². The van der Waals surface area contributed by atoms with Gasteiger partial charge in [0.1, 0.15) is 5.52 Å². The van der Waals surface area contributed by atoms with E-state index in [9.17, 15) is 31.5 Å². The lowest BCUT2D eigenvalue weighted by atomic mass is 10.1. The van der Waals surface area contributed by atoms with Gasteiger partial charge in [0.05, 0.1) is 28.4 Å². The van der Waals surface area contributed by atoms with Crippen LogP contribution in [0.4, 0.5) is 13.2 Å². The van der Waals surface area contributed by atoms with Gasteiger partial charge >= 0.3 is 0 Å². The number of nitrogens with zero attached hydrogens (tertiary/aromatic N) is 2. The Morgan fingerprint density at radius 3 is 2.69 bits per heavy atom. The van der Waals surface area contributed by atoms with Crippen molar-refractivity contribution in [3.05, 3.63) is 47.5 Å². The van der Waals surface area contributed by atoms with Crippen molar-refractivity contribution in [1.82, 2.24) is 19.6 Å². The summed E-state index contributed by atoms with van der Waals surface area (Å²) in [6.45, 7) is -0.125. The lowest BCUT2D eigenvalue weighted by molar-refractivity contribution is 0.0548. The number of aliphatic hydroxyl groups is 1. The Kier molecular flexibility index (Phi) is 4.71. The van der Waals surface area contributed by atoms with Gasteiger partial charge in [-0.2, -0.15) is 4.31 Å². The minimum absolute atomic E-state index is 0.0627. The number of benzene rings is 1. The van der Waals surface area contributed by atoms with Crippen LogP contribution >= 0.6 is 0 Å². The van der Waals surface area contributed by atoms with Crippen LogP contribution in [0.3, 0.4) is 0 Å². The Hall–Kier alpha value is -2.70. The molecule has 2 heterocycles. The summed E-state index contributed by atoms with van der Waals surface area (Å²) in [6.07, 6.45) is -1.60. The molecule has 1 aliphatic heterocycles. The first-order chi connectivity index (χ1) is 13.7. The molecular formula is C17H15F3N4O4S. The van der Waals surface area contributed by atoms with Crippen molar-refractivity contribution < 1.29 is 31.5 Å². The van der Waals surface area contributed by atoms with Crippen LogP contribution in [0.2, 0.25) is 0 Å². The number of carbonyl (C=O) groups excluding carboxylic acids is 1. The molecule has 3 N–H and O–H groups in total. The van der Waals surface area contributed by atoms with E-state index in [1.165, 1.54) is 12.4 Å². The summed E-state index contributed by atoms with van der Waals surface area (Å²) < 4.78 is 66.6. The zero-order valence-electron chi connectivity index (χ0n) is 14.7. The van der Waals surface area contributed by atoms with Crippen LogP contribution in [0, 0.1) is 0 Å². The minimum atomic E-state index is -3.96. The second-order valence-electron chi connectivity index (χ2n) is 6.74. The van der Waals surface area contributed by atoms with Crippen LogP contribution in [0.15, 0.2) is 46.8 Å². The highest BCUT2D eigenvalue weighted by Crippen LogP contribution is 2.29. The number of amides is 1. The molecule has 29 heavy (non-hydrogen) atoms. The number of nitrogens with one attached hydrogen (secondary N) is 2. The van der Waals surface area contributed by atoms with E-state index in [0.717, 1.165) is 10.4 Å². The Bertz CT molecular complexity index is 1170. The van der Waals surface area contributed by atoms with Crippen LogP contribution in [0.5, 0.6) is 0 Å². The highest BCUT2D eigenvalue weighted by Gasteiger charge is 2.36. The second kappa shape index (κ2) is 6.97. The number of allylic oxidation sites excluding steroid dienone is 4. The van der Waals surface area contributed by atoms with Gasteiger partial charge in [-0.05, 0) is 18.2 Å². The largest absolute Gasteiger partial charge is 0.390 e. The molecule has 4 rings (SSSR count). The third-order valence-electron chi connectivity index (χ3n) is 4.69. The number of aromatic nitrogens is 2. The fourth-order valence-corrected chi connectivity index (χ4v) is 4.69. The SMILES string of the molecule is O=C(NC1=CC(F)=C(F)C(F)C1)c1cc(S(=O)(=O)N2CC(O)C2)cc2[nH]cnc12. The van der Waals surface area contributed by atoms with E-state index in [0.29, 0.717) is 6.08 Å². The van der Waals surface area contributed by atoms with Crippen LogP contribution in [-0.4, -0.2) is 59.1 Å². The molecule has 154 valence electrons. The highest BCUT2D eigenvalue weighted by molar-refractivity contribution is 7.89. The van der Waals surface area contributed by atoms with Crippen LogP contribution in [0.25, 0.3) is 11.0 Å². The molecule has 1 unspecified atom stereocenters. The minimum Gasteiger partial charge on any atom is -0.390 e. The van der Waals surface area contributed by atoms with Gasteiger partial charge in [-0.15, -0.1) is 0 Å². The summed E-state index contributed by atoms with van der Waals surface area (Å²) in [5, 5.41) is 11.7. The zero-order chi connectivity index (χ0) is 20.9. The van der Waals surface area contributed by atoms with Crippen molar-refractivity contribution in [2.24, 2.45) is 0 Å². The first kappa shape index (κ1) is 19.6. The van der Waals surface area contributed by atoms with E-state index in [-0.39, 0.29) is 40.3 Å². The fourth-order valence-electron chi connectivity index (χ4n) is 3.12. The molecule has 1 aromatic heterocycles. The number of hydrogen-bond donors (Lipinski definition) is 3. The van der Waals surface area contributed by atoms with Crippen molar-refractivity contribution in [3.8, 4) is 0 Å². The van der Waals surface area contributed by atoms with Gasteiger partial charge in [0.15, 0.2) is 17.8 Å². The highest BCUT2D eigenvalue weighted by atomic mass is 32.2. The van der Waals surface area contributed by atoms with E-state index in [4.69, 9.17) is 0 Å². The molecule has 8 nitrogen and oxygen atoms in total. The summed E-state index contributed by atoms with van der Waals surface area (Å²) in [5.41, 5.74) is 0.0789. The molecule has 1 fully saturated rings. The van der Waals surface area contributed by atoms with Gasteiger partial charge in [0.2, 0.25) is 10.0 Å². The lowest BCUT2D eigenvalue weighted by Crippen LogP contribution is -2.53. The summed E-state index contributed by atoms with van der Waals surface area (Å²) in [4.78, 5) is 19.2. The molecule has 12 heteroatoms. The number of halogens is 3. The predicted molar refractivity (Wildman–Crippen MR) is 95.2 cm³/mol. The number of hydrogen-bond acceptors (Lipinski definition) is 5. The molecule has 1 saturated heterocycles. The number of fused-ring (bicyclic) bond motifs is 1. The molecule has 0 saturated carbocycles. The van der Waals surface area contributed by atoms with E-state index < -0.39 is 46.3 Å². The van der Waals surface area contributed by atoms with E-state index in [1.807, 2.05) is 0 Å². The molecule has 1 aromatic carbocycles. The topological polar surface area (TPSA) is 115 Å². The molecule has 0 radical (unpaired) electrons. The molecular weight excluding hydrogens is 413 g/mol. The van der Waals surface area contributed by atoms with Crippen LogP contribution in [-0.2, 0) is 10.0 Å². The third kappa shape index (κ3) is 3.43. The van der Waals surface area contributed by atoms with Crippen LogP contribution < -0.4 is 5.32 Å². The Morgan fingerprint density at radius 2 is 2.03 bits per heavy atom. The van der Waals surface area contributed by atoms with Crippen molar-refractivity contribution in [2.75, 3.05) is 13.1 Å². The lowest BCUT2D eigenvalue weighted by Gasteiger charge is -2.34. The fraction of sp³-hybridized carbons (Fsp3) is 0.294. The molecule has 1 atom stereocenters. The van der Waals surface area contributed by atoms with Gasteiger partial charge in [-0.3, -0.25) is 4.79 Å². The molecule has 2 aliphatic rings. The van der Waals surface area contributed by atoms with Gasteiger partial charge in [-0.25, -0.2) is 26.6 Å². The second-order valence-corrected chi connectivity index (χ2v) is 8.67. The van der Waals surface area contributed by atoms with E-state index in [2.05, 4.69) is 15.3 Å². The van der Waals surface area contributed by atoms with Crippen LogP contribution in [0.1, 0.15) is 16.8 Å². The number of H-pyrrole nitrogens is 1. The van der Waals surface area contributed by atoms with E-state index >= 15 is 0 Å². The molecule has 0 bridgehead atoms. The Balaban J connectivity index is 1.69. The standard InChI is InChI=1S/C17H15F3N4O4S/c18-12-1-8(2-13(19)15(12)20)23-17(26)11-3-10(4-14-16(11)22-7-21-14)29(27,28)24-5-9(25)6-24/h1,3-4,7,9,13,25H,2,5-6H2,(H,21,22)(H,23,26). The molecule has 1 aliphatic carbocycles. The number of aromatic amines is 1. The number of aliphatic hydroxyl groups excluding tert-OH is 1. The first-order valence-corrected chi connectivity index (χ1v) is 9.97. The first-order valence-electron chi connectivity index (χ1n) is 8.53. The third-order valence-corrected chi connectivity index (χ3v) is 6.50. The van der Waals surface area contributed by atoms with Crippen molar-refractivity contribution in [2.45, 2.75) is 23.6 Å². The predicted octanol–water partition coefficient (Wildman–Crippen LogP) is 1.43. The molecule has 0 spiro atoms. The summed E-state index contributed by atoms with van der Waals surface area (Å²) in [6, 6.07) is 2.40. The Morgan fingerprint density at radius 1 is 1.31 bits per heavy atom. The van der Waals surface area contributed by atoms with Gasteiger partial charge < -0.3 is 15.4 Å². The van der Waals surface area contributed by atoms with E-state index in [1.54, 1.807) is 0 Å². The van der Waals surface area contributed by atoms with Gasteiger partial charge in [0.25, 0.3) is 5.91 Å². The smallest absolute Gasteiger partial charge is 0.257 e. The monoisotopic (exact) mass is 428 g/mol. The number of carbonyl (C=O) groups is 1. The summed E-state index contributed by atoms with van der Waals surface area (Å²) in [7, 11) is -3.96. The van der Waals surface area contributed by atoms with Crippen molar-refractivity contribution >= 4 is 27.0 Å². The summed E-state index contributed by atoms with van der Waals surface area (Å²) in [5.74, 6) is -3.81. The average Bonchev–Trinajstić information content (AvgIpc) is 3.11. The number of alkyl halides is 1. The molecule has 2 aromatic rings.